The molecule has 0 atom stereocenters. The minimum absolute atomic E-state index is 0.365. The van der Waals surface area contributed by atoms with Crippen molar-refractivity contribution in [3.63, 3.8) is 0 Å². The van der Waals surface area contributed by atoms with E-state index in [2.05, 4.69) is 5.32 Å². The van der Waals surface area contributed by atoms with Crippen LogP contribution in [0.15, 0.2) is 48.5 Å². The second-order valence-electron chi connectivity index (χ2n) is 5.58. The maximum Gasteiger partial charge on any atom is 0.331 e. The van der Waals surface area contributed by atoms with Crippen molar-refractivity contribution in [2.45, 2.75) is 13.3 Å². The highest BCUT2D eigenvalue weighted by Gasteiger charge is 2.10. The Morgan fingerprint density at radius 2 is 1.81 bits per heavy atom. The zero-order valence-electron chi connectivity index (χ0n) is 15.7. The monoisotopic (exact) mass is 369 g/mol. The van der Waals surface area contributed by atoms with Crippen LogP contribution < -0.4 is 14.8 Å². The van der Waals surface area contributed by atoms with Gasteiger partial charge in [-0.3, -0.25) is 4.79 Å². The molecule has 2 aromatic carbocycles. The lowest BCUT2D eigenvalue weighted by Crippen LogP contribution is -2.20. The fourth-order valence-corrected chi connectivity index (χ4v) is 2.52. The van der Waals surface area contributed by atoms with Crippen molar-refractivity contribution in [2.75, 3.05) is 26.1 Å². The lowest BCUT2D eigenvalue weighted by Gasteiger charge is -2.10. The average molecular weight is 369 g/mol. The summed E-state index contributed by atoms with van der Waals surface area (Å²) in [7, 11) is 3.06. The minimum Gasteiger partial charge on any atom is -0.493 e. The number of benzene rings is 2. The molecule has 2 rings (SSSR count). The van der Waals surface area contributed by atoms with Gasteiger partial charge in [-0.05, 0) is 30.2 Å². The topological polar surface area (TPSA) is 73.9 Å². The number of carbonyl (C=O) groups excluding carboxylic acids is 2. The van der Waals surface area contributed by atoms with Crippen LogP contribution in [0.5, 0.6) is 11.5 Å². The number of para-hydroxylation sites is 2. The Morgan fingerprint density at radius 3 is 2.52 bits per heavy atom. The third-order valence-electron chi connectivity index (χ3n) is 3.85. The molecule has 2 aromatic rings. The number of rotatable bonds is 8. The number of amides is 1. The number of aryl methyl sites for hydroxylation is 1. The van der Waals surface area contributed by atoms with Crippen LogP contribution in [0.2, 0.25) is 0 Å². The number of ether oxygens (including phenoxy) is 3. The normalized spacial score (nSPS) is 10.5. The number of nitrogens with one attached hydrogen (secondary N) is 1. The molecule has 0 aliphatic rings. The molecule has 142 valence electrons. The third-order valence-corrected chi connectivity index (χ3v) is 3.85. The van der Waals surface area contributed by atoms with Crippen LogP contribution in [0.4, 0.5) is 5.69 Å². The molecule has 1 amide bonds. The fraction of sp³-hybridized carbons (Fsp3) is 0.238. The van der Waals surface area contributed by atoms with E-state index >= 15 is 0 Å². The Kier molecular flexibility index (Phi) is 7.43. The van der Waals surface area contributed by atoms with Crippen molar-refractivity contribution in [3.8, 4) is 11.5 Å². The molecule has 0 aliphatic carbocycles. The summed E-state index contributed by atoms with van der Waals surface area (Å²) in [5, 5.41) is 2.75. The number of esters is 1. The number of carbonyl (C=O) groups is 2. The summed E-state index contributed by atoms with van der Waals surface area (Å²) in [5.41, 5.74) is 2.40. The van der Waals surface area contributed by atoms with E-state index in [4.69, 9.17) is 14.2 Å². The standard InChI is InChI=1S/C21H23NO5/c1-4-15-8-5-6-10-17(15)22-19(23)14-27-20(24)13-12-16-9-7-11-18(25-2)21(16)26-3/h5-13H,4,14H2,1-3H3,(H,22,23)/b13-12+. The van der Waals surface area contributed by atoms with Gasteiger partial charge in [-0.1, -0.05) is 37.3 Å². The molecule has 0 fully saturated rings. The Labute approximate surface area is 158 Å². The Hall–Kier alpha value is -3.28. The van der Waals surface area contributed by atoms with Crippen LogP contribution in [0.3, 0.4) is 0 Å². The first-order valence-electron chi connectivity index (χ1n) is 8.52. The van der Waals surface area contributed by atoms with E-state index in [0.29, 0.717) is 17.1 Å². The van der Waals surface area contributed by atoms with Gasteiger partial charge in [0.25, 0.3) is 5.91 Å². The van der Waals surface area contributed by atoms with Crippen LogP contribution in [-0.2, 0) is 20.7 Å². The molecule has 6 nitrogen and oxygen atoms in total. The Balaban J connectivity index is 1.92. The smallest absolute Gasteiger partial charge is 0.331 e. The first-order chi connectivity index (χ1) is 13.1. The summed E-state index contributed by atoms with van der Waals surface area (Å²) < 4.78 is 15.5. The van der Waals surface area contributed by atoms with Crippen LogP contribution in [0.1, 0.15) is 18.1 Å². The van der Waals surface area contributed by atoms with Gasteiger partial charge in [0.1, 0.15) is 0 Å². The molecule has 0 bridgehead atoms. The highest BCUT2D eigenvalue weighted by atomic mass is 16.5. The molecule has 0 saturated carbocycles. The van der Waals surface area contributed by atoms with Crippen LogP contribution in [0, 0.1) is 0 Å². The summed E-state index contributed by atoms with van der Waals surface area (Å²) >= 11 is 0. The first kappa shape index (κ1) is 20.0. The molecule has 1 N–H and O–H groups in total. The second-order valence-corrected chi connectivity index (χ2v) is 5.58. The number of methoxy groups -OCH3 is 2. The molecule has 0 aromatic heterocycles. The van der Waals surface area contributed by atoms with E-state index in [-0.39, 0.29) is 6.61 Å². The van der Waals surface area contributed by atoms with E-state index in [1.165, 1.54) is 20.3 Å². The molecular weight excluding hydrogens is 346 g/mol. The number of hydrogen-bond acceptors (Lipinski definition) is 5. The molecule has 0 saturated heterocycles. The van der Waals surface area contributed by atoms with Crippen molar-refractivity contribution >= 4 is 23.6 Å². The highest BCUT2D eigenvalue weighted by molar-refractivity contribution is 5.95. The molecule has 0 aliphatic heterocycles. The molecule has 0 heterocycles. The van der Waals surface area contributed by atoms with E-state index in [0.717, 1.165) is 17.7 Å². The predicted molar refractivity (Wildman–Crippen MR) is 104 cm³/mol. The van der Waals surface area contributed by atoms with Crippen LogP contribution >= 0.6 is 0 Å². The minimum atomic E-state index is -0.626. The first-order valence-corrected chi connectivity index (χ1v) is 8.52. The van der Waals surface area contributed by atoms with Crippen molar-refractivity contribution < 1.29 is 23.8 Å². The summed E-state index contributed by atoms with van der Waals surface area (Å²) in [6, 6.07) is 12.8. The van der Waals surface area contributed by atoms with Crippen molar-refractivity contribution in [2.24, 2.45) is 0 Å². The Morgan fingerprint density at radius 1 is 1.04 bits per heavy atom. The van der Waals surface area contributed by atoms with Crippen molar-refractivity contribution in [1.29, 1.82) is 0 Å². The molecular formula is C21H23NO5. The lowest BCUT2D eigenvalue weighted by atomic mass is 10.1. The average Bonchev–Trinajstić information content (AvgIpc) is 2.70. The quantitative estimate of drug-likeness (QED) is 0.570. The van der Waals surface area contributed by atoms with E-state index in [9.17, 15) is 9.59 Å². The molecule has 6 heteroatoms. The van der Waals surface area contributed by atoms with Gasteiger partial charge < -0.3 is 19.5 Å². The van der Waals surface area contributed by atoms with Crippen LogP contribution in [0.25, 0.3) is 6.08 Å². The summed E-state index contributed by atoms with van der Waals surface area (Å²) in [4.78, 5) is 23.9. The predicted octanol–water partition coefficient (Wildman–Crippen LogP) is 3.46. The van der Waals surface area contributed by atoms with Gasteiger partial charge in [0.2, 0.25) is 0 Å². The van der Waals surface area contributed by atoms with Crippen molar-refractivity contribution in [3.05, 3.63) is 59.7 Å². The van der Waals surface area contributed by atoms with E-state index in [1.54, 1.807) is 24.3 Å². The maximum atomic E-state index is 12.0. The van der Waals surface area contributed by atoms with Gasteiger partial charge in [0.05, 0.1) is 14.2 Å². The fourth-order valence-electron chi connectivity index (χ4n) is 2.52. The van der Waals surface area contributed by atoms with Gasteiger partial charge in [0, 0.05) is 17.3 Å². The molecule has 0 unspecified atom stereocenters. The molecule has 27 heavy (non-hydrogen) atoms. The van der Waals surface area contributed by atoms with Gasteiger partial charge in [-0.25, -0.2) is 4.79 Å². The maximum absolute atomic E-state index is 12.0. The second kappa shape index (κ2) is 10.0. The highest BCUT2D eigenvalue weighted by Crippen LogP contribution is 2.31. The van der Waals surface area contributed by atoms with Gasteiger partial charge in [-0.15, -0.1) is 0 Å². The molecule has 0 spiro atoms. The van der Waals surface area contributed by atoms with Gasteiger partial charge >= 0.3 is 5.97 Å². The Bertz CT molecular complexity index is 829. The number of anilines is 1. The third kappa shape index (κ3) is 5.60. The SMILES string of the molecule is CCc1ccccc1NC(=O)COC(=O)/C=C/c1cccc(OC)c1OC. The van der Waals surface area contributed by atoms with Crippen molar-refractivity contribution in [1.82, 2.24) is 0 Å². The number of hydrogen-bond donors (Lipinski definition) is 1. The van der Waals surface area contributed by atoms with E-state index < -0.39 is 11.9 Å². The lowest BCUT2D eigenvalue weighted by molar-refractivity contribution is -0.142. The zero-order chi connectivity index (χ0) is 19.6. The van der Waals surface area contributed by atoms with Gasteiger partial charge in [0.15, 0.2) is 18.1 Å². The summed E-state index contributed by atoms with van der Waals surface area (Å²) in [5.74, 6) is 0.0513. The van der Waals surface area contributed by atoms with Crippen LogP contribution in [-0.4, -0.2) is 32.7 Å². The van der Waals surface area contributed by atoms with E-state index in [1.807, 2.05) is 31.2 Å². The summed E-state index contributed by atoms with van der Waals surface area (Å²) in [6.45, 7) is 1.64. The van der Waals surface area contributed by atoms with Gasteiger partial charge in [-0.2, -0.15) is 0 Å². The summed E-state index contributed by atoms with van der Waals surface area (Å²) in [6.07, 6.45) is 3.58. The zero-order valence-corrected chi connectivity index (χ0v) is 15.7. The molecule has 0 radical (unpaired) electrons. The largest absolute Gasteiger partial charge is 0.493 e.